The first-order valence-corrected chi connectivity index (χ1v) is 8.63. The van der Waals surface area contributed by atoms with Crippen molar-refractivity contribution in [1.82, 2.24) is 4.90 Å². The molecule has 0 unspecified atom stereocenters. The van der Waals surface area contributed by atoms with Crippen molar-refractivity contribution >= 4 is 11.8 Å². The third kappa shape index (κ3) is 5.74. The Morgan fingerprint density at radius 2 is 2.19 bits per heavy atom. The highest BCUT2D eigenvalue weighted by molar-refractivity contribution is 8.00. The van der Waals surface area contributed by atoms with Crippen LogP contribution >= 0.6 is 11.8 Å². The summed E-state index contributed by atoms with van der Waals surface area (Å²) >= 11 is 2.08. The average molecular weight is 303 g/mol. The number of rotatable bonds is 3. The van der Waals surface area contributed by atoms with Crippen molar-refractivity contribution < 1.29 is 5.11 Å². The van der Waals surface area contributed by atoms with Crippen LogP contribution in [0, 0.1) is 11.8 Å². The smallest absolute Gasteiger partial charge is 0.0540 e. The molecule has 21 heavy (non-hydrogen) atoms. The van der Waals surface area contributed by atoms with Gasteiger partial charge in [-0.25, -0.2) is 0 Å². The maximum Gasteiger partial charge on any atom is 0.0540 e. The molecule has 1 N–H and O–H groups in total. The van der Waals surface area contributed by atoms with Crippen molar-refractivity contribution in [3.63, 3.8) is 0 Å². The molecular formula is C18H25NOS. The Morgan fingerprint density at radius 1 is 1.33 bits per heavy atom. The van der Waals surface area contributed by atoms with Gasteiger partial charge in [-0.2, -0.15) is 11.8 Å². The second-order valence-electron chi connectivity index (χ2n) is 6.11. The summed E-state index contributed by atoms with van der Waals surface area (Å²) < 4.78 is 0.409. The molecule has 114 valence electrons. The van der Waals surface area contributed by atoms with Crippen LogP contribution in [0.2, 0.25) is 0 Å². The predicted octanol–water partition coefficient (Wildman–Crippen LogP) is 3.14. The van der Waals surface area contributed by atoms with Gasteiger partial charge in [0.2, 0.25) is 0 Å². The van der Waals surface area contributed by atoms with Gasteiger partial charge in [-0.05, 0) is 30.7 Å². The van der Waals surface area contributed by atoms with Crippen molar-refractivity contribution in [1.29, 1.82) is 0 Å². The highest BCUT2D eigenvalue weighted by Crippen LogP contribution is 2.31. The van der Waals surface area contributed by atoms with E-state index in [4.69, 9.17) is 5.11 Å². The maximum absolute atomic E-state index is 8.77. The summed E-state index contributed by atoms with van der Waals surface area (Å²) in [5.41, 5.74) is 2.38. The summed E-state index contributed by atoms with van der Waals surface area (Å²) in [6, 6.07) is 8.47. The minimum Gasteiger partial charge on any atom is -0.395 e. The molecule has 1 aliphatic heterocycles. The molecular weight excluding hydrogens is 278 g/mol. The van der Waals surface area contributed by atoms with Crippen molar-refractivity contribution in [2.75, 3.05) is 25.4 Å². The van der Waals surface area contributed by atoms with Gasteiger partial charge in [0, 0.05) is 35.6 Å². The van der Waals surface area contributed by atoms with E-state index in [1.807, 2.05) is 6.07 Å². The summed E-state index contributed by atoms with van der Waals surface area (Å²) in [5, 5.41) is 8.77. The Balaban J connectivity index is 1.97. The van der Waals surface area contributed by atoms with E-state index < -0.39 is 0 Å². The zero-order valence-electron chi connectivity index (χ0n) is 13.1. The molecule has 0 bridgehead atoms. The Bertz CT molecular complexity index is 515. The fourth-order valence-corrected chi connectivity index (χ4v) is 3.58. The van der Waals surface area contributed by atoms with Gasteiger partial charge < -0.3 is 5.11 Å². The fraction of sp³-hybridized carbons (Fsp3) is 0.556. The summed E-state index contributed by atoms with van der Waals surface area (Å²) in [5.74, 6) is 7.31. The fourth-order valence-electron chi connectivity index (χ4n) is 2.45. The number of hydrogen-bond acceptors (Lipinski definition) is 3. The maximum atomic E-state index is 8.77. The molecule has 0 aromatic heterocycles. The van der Waals surface area contributed by atoms with E-state index in [0.29, 0.717) is 11.2 Å². The topological polar surface area (TPSA) is 23.5 Å². The van der Waals surface area contributed by atoms with Crippen LogP contribution in [0.25, 0.3) is 0 Å². The molecule has 0 saturated carbocycles. The summed E-state index contributed by atoms with van der Waals surface area (Å²) in [6.07, 6.45) is 1.79. The molecule has 2 nitrogen and oxygen atoms in total. The van der Waals surface area contributed by atoms with Crippen LogP contribution in [0.15, 0.2) is 24.3 Å². The van der Waals surface area contributed by atoms with Crippen LogP contribution in [0.4, 0.5) is 0 Å². The number of aliphatic hydroxyl groups is 1. The van der Waals surface area contributed by atoms with E-state index in [0.717, 1.165) is 18.7 Å². The zero-order valence-corrected chi connectivity index (χ0v) is 13.9. The molecule has 2 rings (SSSR count). The Hall–Kier alpha value is -0.950. The summed E-state index contributed by atoms with van der Waals surface area (Å²) in [7, 11) is 0. The molecule has 1 aromatic rings. The van der Waals surface area contributed by atoms with Crippen molar-refractivity contribution in [3.8, 4) is 11.8 Å². The summed E-state index contributed by atoms with van der Waals surface area (Å²) in [4.78, 5) is 2.54. The molecule has 1 aromatic carbocycles. The molecule has 1 saturated heterocycles. The van der Waals surface area contributed by atoms with Crippen LogP contribution in [0.1, 0.15) is 37.8 Å². The first-order valence-electron chi connectivity index (χ1n) is 7.64. The van der Waals surface area contributed by atoms with E-state index >= 15 is 0 Å². The first kappa shape index (κ1) is 16.4. The Morgan fingerprint density at radius 3 is 3.00 bits per heavy atom. The lowest BCUT2D eigenvalue weighted by molar-refractivity contribution is 0.276. The SMILES string of the molecule is CC1(C)CCN(Cc2cccc(C#CCCO)c2)CCS1. The quantitative estimate of drug-likeness (QED) is 0.868. The lowest BCUT2D eigenvalue weighted by atomic mass is 10.1. The van der Waals surface area contributed by atoms with Gasteiger partial charge in [0.1, 0.15) is 0 Å². The second kappa shape index (κ2) is 7.89. The predicted molar refractivity (Wildman–Crippen MR) is 91.5 cm³/mol. The highest BCUT2D eigenvalue weighted by atomic mass is 32.2. The standard InChI is InChI=1S/C18H25NOS/c1-18(2)9-10-19(11-13-21-18)15-17-8-5-7-16(14-17)6-3-4-12-20/h5,7-8,14,20H,4,9-13,15H2,1-2H3. The van der Waals surface area contributed by atoms with E-state index in [2.05, 4.69) is 60.5 Å². The van der Waals surface area contributed by atoms with Crippen molar-refractivity contribution in [3.05, 3.63) is 35.4 Å². The van der Waals surface area contributed by atoms with Gasteiger partial charge in [-0.15, -0.1) is 0 Å². The zero-order chi connectivity index (χ0) is 15.1. The minimum absolute atomic E-state index is 0.133. The van der Waals surface area contributed by atoms with Gasteiger partial charge in [0.05, 0.1) is 6.61 Å². The summed E-state index contributed by atoms with van der Waals surface area (Å²) in [6.45, 7) is 8.16. The van der Waals surface area contributed by atoms with Crippen LogP contribution in [-0.4, -0.2) is 40.2 Å². The Labute approximate surface area is 132 Å². The van der Waals surface area contributed by atoms with Gasteiger partial charge in [0.25, 0.3) is 0 Å². The molecule has 1 fully saturated rings. The molecule has 1 aliphatic rings. The minimum atomic E-state index is 0.133. The van der Waals surface area contributed by atoms with E-state index in [1.165, 1.54) is 24.3 Å². The molecule has 0 amide bonds. The monoisotopic (exact) mass is 303 g/mol. The second-order valence-corrected chi connectivity index (χ2v) is 7.91. The number of aliphatic hydroxyl groups excluding tert-OH is 1. The van der Waals surface area contributed by atoms with Gasteiger partial charge in [-0.1, -0.05) is 37.8 Å². The van der Waals surface area contributed by atoms with Gasteiger partial charge in [-0.3, -0.25) is 4.90 Å². The third-order valence-electron chi connectivity index (χ3n) is 3.73. The van der Waals surface area contributed by atoms with E-state index in [-0.39, 0.29) is 6.61 Å². The lowest BCUT2D eigenvalue weighted by Gasteiger charge is -2.22. The van der Waals surface area contributed by atoms with Crippen LogP contribution in [0.3, 0.4) is 0 Å². The number of nitrogens with zero attached hydrogens (tertiary/aromatic N) is 1. The number of hydrogen-bond donors (Lipinski definition) is 1. The molecule has 3 heteroatoms. The van der Waals surface area contributed by atoms with Crippen LogP contribution in [0.5, 0.6) is 0 Å². The molecule has 0 radical (unpaired) electrons. The van der Waals surface area contributed by atoms with Gasteiger partial charge in [0.15, 0.2) is 0 Å². The van der Waals surface area contributed by atoms with Crippen molar-refractivity contribution in [2.45, 2.75) is 38.0 Å². The van der Waals surface area contributed by atoms with Crippen molar-refractivity contribution in [2.24, 2.45) is 0 Å². The number of benzene rings is 1. The largest absolute Gasteiger partial charge is 0.395 e. The lowest BCUT2D eigenvalue weighted by Crippen LogP contribution is -2.26. The third-order valence-corrected chi connectivity index (χ3v) is 5.11. The molecule has 0 spiro atoms. The van der Waals surface area contributed by atoms with Crippen LogP contribution in [-0.2, 0) is 6.54 Å². The normalized spacial score (nSPS) is 18.6. The van der Waals surface area contributed by atoms with Gasteiger partial charge >= 0.3 is 0 Å². The Kier molecular flexibility index (Phi) is 6.17. The highest BCUT2D eigenvalue weighted by Gasteiger charge is 2.23. The average Bonchev–Trinajstić information content (AvgIpc) is 2.61. The van der Waals surface area contributed by atoms with E-state index in [1.54, 1.807) is 0 Å². The molecule has 0 aliphatic carbocycles. The van der Waals surface area contributed by atoms with Crippen LogP contribution < -0.4 is 0 Å². The molecule has 0 atom stereocenters. The first-order chi connectivity index (χ1) is 10.1. The molecule has 1 heterocycles. The van der Waals surface area contributed by atoms with E-state index in [9.17, 15) is 0 Å². The number of thioether (sulfide) groups is 1.